The number of hydrogen-bond acceptors (Lipinski definition) is 1. The summed E-state index contributed by atoms with van der Waals surface area (Å²) >= 11 is 0. The van der Waals surface area contributed by atoms with E-state index < -0.39 is 0 Å². The van der Waals surface area contributed by atoms with Crippen LogP contribution in [0.3, 0.4) is 0 Å². The Kier molecular flexibility index (Phi) is 11.7. The lowest BCUT2D eigenvalue weighted by Crippen LogP contribution is -2.18. The van der Waals surface area contributed by atoms with Gasteiger partial charge in [0, 0.05) is 77.3 Å². The third-order valence-corrected chi connectivity index (χ3v) is 21.0. The van der Waals surface area contributed by atoms with Crippen LogP contribution in [0.4, 0.5) is 17.1 Å². The van der Waals surface area contributed by atoms with Crippen molar-refractivity contribution in [1.82, 2.24) is 13.7 Å². The van der Waals surface area contributed by atoms with Gasteiger partial charge >= 0.3 is 0 Å². The predicted octanol–water partition coefficient (Wildman–Crippen LogP) is 24.1. The number of anilines is 3. The number of nitrogens with zero attached hydrogens (tertiary/aromatic N) is 4. The first-order chi connectivity index (χ1) is 46.1. The van der Waals surface area contributed by atoms with Crippen LogP contribution in [0, 0.1) is 0 Å². The Morgan fingerprint density at radius 1 is 0.213 bits per heavy atom. The highest BCUT2D eigenvalue weighted by atomic mass is 15.1. The second kappa shape index (κ2) is 20.4. The third-order valence-electron chi connectivity index (χ3n) is 21.0. The van der Waals surface area contributed by atoms with Crippen molar-refractivity contribution < 1.29 is 0 Å². The Morgan fingerprint density at radius 2 is 0.511 bits per heavy atom. The van der Waals surface area contributed by atoms with Crippen molar-refractivity contribution in [1.29, 1.82) is 0 Å². The summed E-state index contributed by atoms with van der Waals surface area (Å²) in [5.41, 5.74) is 31.3. The highest BCUT2D eigenvalue weighted by Crippen LogP contribution is 2.55. The van der Waals surface area contributed by atoms with E-state index >= 15 is 0 Å². The van der Waals surface area contributed by atoms with Crippen LogP contribution in [0.5, 0.6) is 0 Å². The Hall–Kier alpha value is -11.7. The van der Waals surface area contributed by atoms with Gasteiger partial charge in [0.2, 0.25) is 0 Å². The third kappa shape index (κ3) is 8.06. The van der Waals surface area contributed by atoms with Crippen molar-refractivity contribution in [3.05, 3.63) is 338 Å². The minimum absolute atomic E-state index is 0.288. The molecule has 0 atom stereocenters. The molecule has 0 spiro atoms. The molecule has 94 heavy (non-hydrogen) atoms. The van der Waals surface area contributed by atoms with E-state index in [9.17, 15) is 0 Å². The normalized spacial score (nSPS) is 13.5. The lowest BCUT2D eigenvalue weighted by Gasteiger charge is -2.30. The fraction of sp³-hybridized carbons (Fsp3) is 0.0667. The Bertz CT molecular complexity index is 5690. The number of benzene rings is 14. The molecule has 0 fully saturated rings. The first kappa shape index (κ1) is 54.1. The van der Waals surface area contributed by atoms with E-state index in [0.717, 1.165) is 22.7 Å². The van der Waals surface area contributed by atoms with Gasteiger partial charge in [0.15, 0.2) is 0 Å². The molecule has 2 aliphatic carbocycles. The average Bonchev–Trinajstić information content (AvgIpc) is 1.59. The molecule has 0 saturated heterocycles. The Balaban J connectivity index is 0.711. The van der Waals surface area contributed by atoms with Crippen LogP contribution < -0.4 is 4.90 Å². The minimum Gasteiger partial charge on any atom is -0.310 e. The molecule has 0 radical (unpaired) electrons. The fourth-order valence-electron chi connectivity index (χ4n) is 16.4. The average molecular weight is 1200 g/mol. The van der Waals surface area contributed by atoms with Crippen molar-refractivity contribution >= 4 is 82.5 Å². The van der Waals surface area contributed by atoms with E-state index in [1.54, 1.807) is 0 Å². The molecular formula is C90H64N4. The Morgan fingerprint density at radius 3 is 0.957 bits per heavy atom. The molecule has 444 valence electrons. The maximum absolute atomic E-state index is 2.50. The van der Waals surface area contributed by atoms with E-state index in [4.69, 9.17) is 0 Å². The SMILES string of the molecule is CC1(C)c2cc(-c3ccc4c(c3)c3ccccc3n4-c3ccccc3)ccc2-c2ccc(N(c3ccc(-c4ccc5c6ccccc6n(-c6ccccc6)c5c4)cc3)c3ccc4c(c3)C(C)(C)c3cc(-c5ccc6c(c5)c5ccccc5n6-c5ccccc5)ccc3-4)cc21. The molecule has 0 aliphatic heterocycles. The summed E-state index contributed by atoms with van der Waals surface area (Å²) in [6, 6.07) is 118. The van der Waals surface area contributed by atoms with Crippen LogP contribution in [0.25, 0.3) is 138 Å². The second-order valence-corrected chi connectivity index (χ2v) is 26.9. The van der Waals surface area contributed by atoms with E-state index in [2.05, 4.69) is 362 Å². The van der Waals surface area contributed by atoms with Crippen molar-refractivity contribution in [2.75, 3.05) is 4.90 Å². The van der Waals surface area contributed by atoms with Gasteiger partial charge in [-0.3, -0.25) is 0 Å². The van der Waals surface area contributed by atoms with Gasteiger partial charge in [0.05, 0.1) is 33.1 Å². The summed E-state index contributed by atoms with van der Waals surface area (Å²) in [5.74, 6) is 0. The molecule has 0 amide bonds. The zero-order valence-electron chi connectivity index (χ0n) is 52.8. The summed E-state index contributed by atoms with van der Waals surface area (Å²) in [6.45, 7) is 9.66. The number of para-hydroxylation sites is 6. The van der Waals surface area contributed by atoms with E-state index in [1.807, 2.05) is 0 Å². The number of fused-ring (bicyclic) bond motifs is 15. The maximum Gasteiger partial charge on any atom is 0.0547 e. The quantitative estimate of drug-likeness (QED) is 0.141. The van der Waals surface area contributed by atoms with Crippen LogP contribution >= 0.6 is 0 Å². The van der Waals surface area contributed by atoms with Gasteiger partial charge in [0.25, 0.3) is 0 Å². The van der Waals surface area contributed by atoms with E-state index in [-0.39, 0.29) is 10.8 Å². The van der Waals surface area contributed by atoms with Crippen LogP contribution in [0.15, 0.2) is 315 Å². The fourth-order valence-corrected chi connectivity index (χ4v) is 16.4. The second-order valence-electron chi connectivity index (χ2n) is 26.9. The summed E-state index contributed by atoms with van der Waals surface area (Å²) in [7, 11) is 0. The van der Waals surface area contributed by atoms with Crippen LogP contribution in [0.1, 0.15) is 49.9 Å². The van der Waals surface area contributed by atoms with Gasteiger partial charge in [-0.1, -0.05) is 210 Å². The van der Waals surface area contributed by atoms with Crippen molar-refractivity contribution in [3.63, 3.8) is 0 Å². The molecule has 0 unspecified atom stereocenters. The summed E-state index contributed by atoms with van der Waals surface area (Å²) in [6.07, 6.45) is 0. The molecule has 4 nitrogen and oxygen atoms in total. The highest BCUT2D eigenvalue weighted by molar-refractivity contribution is 6.13. The predicted molar refractivity (Wildman–Crippen MR) is 396 cm³/mol. The Labute approximate surface area is 546 Å². The summed E-state index contributed by atoms with van der Waals surface area (Å²) in [5, 5.41) is 7.53. The molecule has 4 heteroatoms. The van der Waals surface area contributed by atoms with Gasteiger partial charge in [-0.05, 0) is 211 Å². The number of aromatic nitrogens is 3. The van der Waals surface area contributed by atoms with E-state index in [0.29, 0.717) is 0 Å². The smallest absolute Gasteiger partial charge is 0.0547 e. The minimum atomic E-state index is -0.288. The van der Waals surface area contributed by atoms with Crippen molar-refractivity contribution in [2.45, 2.75) is 38.5 Å². The first-order valence-electron chi connectivity index (χ1n) is 32.9. The lowest BCUT2D eigenvalue weighted by molar-refractivity contribution is 0.660. The number of hydrogen-bond donors (Lipinski definition) is 0. The van der Waals surface area contributed by atoms with Gasteiger partial charge in [-0.2, -0.15) is 0 Å². The monoisotopic (exact) mass is 1200 g/mol. The molecule has 0 N–H and O–H groups in total. The molecule has 0 bridgehead atoms. The van der Waals surface area contributed by atoms with E-state index in [1.165, 1.54) is 155 Å². The largest absolute Gasteiger partial charge is 0.310 e. The maximum atomic E-state index is 2.50. The van der Waals surface area contributed by atoms with Gasteiger partial charge in [-0.15, -0.1) is 0 Å². The molecular weight excluding hydrogens is 1140 g/mol. The van der Waals surface area contributed by atoms with Gasteiger partial charge in [0.1, 0.15) is 0 Å². The summed E-state index contributed by atoms with van der Waals surface area (Å²) in [4.78, 5) is 2.50. The standard InChI is InChI=1S/C90H64N4/c1-89(2)79-52-60(58-37-48-86-77(50-58)74-27-15-18-30-84(74)92(86)63-20-8-5-9-21-63)34-43-69(79)71-46-41-67(55-81(71)89)91(66-39-32-57(33-40-66)62-36-45-76-73-26-14-17-29-83(73)94(88(76)54-62)65-24-12-7-13-25-65)68-42-47-72-70-44-35-61(53-80(70)90(3,4)82(72)56-68)59-38-49-87-78(51-59)75-28-16-19-31-85(75)93(87)64-22-10-6-11-23-64/h5-56H,1-4H3. The van der Waals surface area contributed by atoms with Crippen LogP contribution in [-0.4, -0.2) is 13.7 Å². The lowest BCUT2D eigenvalue weighted by atomic mass is 9.81. The molecule has 3 aromatic heterocycles. The highest BCUT2D eigenvalue weighted by Gasteiger charge is 2.39. The number of rotatable bonds is 9. The van der Waals surface area contributed by atoms with Crippen LogP contribution in [-0.2, 0) is 10.8 Å². The topological polar surface area (TPSA) is 18.0 Å². The molecule has 3 heterocycles. The molecule has 19 rings (SSSR count). The molecule has 17 aromatic rings. The molecule has 2 aliphatic rings. The first-order valence-corrected chi connectivity index (χ1v) is 32.9. The molecule has 14 aromatic carbocycles. The van der Waals surface area contributed by atoms with Gasteiger partial charge < -0.3 is 18.6 Å². The molecule has 0 saturated carbocycles. The zero-order valence-corrected chi connectivity index (χ0v) is 52.8. The van der Waals surface area contributed by atoms with Crippen molar-refractivity contribution in [2.24, 2.45) is 0 Å². The summed E-state index contributed by atoms with van der Waals surface area (Å²) < 4.78 is 7.20. The van der Waals surface area contributed by atoms with Crippen molar-refractivity contribution in [3.8, 4) is 72.7 Å². The van der Waals surface area contributed by atoms with Crippen LogP contribution in [0.2, 0.25) is 0 Å². The van der Waals surface area contributed by atoms with Gasteiger partial charge in [-0.25, -0.2) is 0 Å². The zero-order chi connectivity index (χ0) is 62.6.